The average Bonchev–Trinajstić information content (AvgIpc) is 3.28. The average molecular weight is 559 g/mol. The third kappa shape index (κ3) is 6.84. The first-order chi connectivity index (χ1) is 18.0. The van der Waals surface area contributed by atoms with Gasteiger partial charge in [0.2, 0.25) is 0 Å². The van der Waals surface area contributed by atoms with Crippen LogP contribution >= 0.6 is 0 Å². The Morgan fingerprint density at radius 2 is 1.55 bits per heavy atom. The summed E-state index contributed by atoms with van der Waals surface area (Å²) in [5.41, 5.74) is 0. The van der Waals surface area contributed by atoms with Crippen LogP contribution in [0.4, 0.5) is 0 Å². The molecule has 1 heterocycles. The van der Waals surface area contributed by atoms with E-state index in [1.54, 1.807) is 6.08 Å². The van der Waals surface area contributed by atoms with Gasteiger partial charge in [-0.2, -0.15) is 8.42 Å². The summed E-state index contributed by atoms with van der Waals surface area (Å²) in [5.74, 6) is -0.515. The van der Waals surface area contributed by atoms with Gasteiger partial charge in [0.1, 0.15) is 6.10 Å². The van der Waals surface area contributed by atoms with E-state index < -0.39 is 24.2 Å². The van der Waals surface area contributed by atoms with Crippen LogP contribution in [0.2, 0.25) is 5.04 Å². The molecule has 8 heteroatoms. The van der Waals surface area contributed by atoms with Gasteiger partial charge in [0, 0.05) is 12.8 Å². The molecule has 0 unspecified atom stereocenters. The topological polar surface area (TPSA) is 71.1 Å². The second-order valence-corrected chi connectivity index (χ2v) is 17.4. The zero-order chi connectivity index (χ0) is 27.3. The molecule has 208 valence electrons. The summed E-state index contributed by atoms with van der Waals surface area (Å²) >= 11 is 0. The smallest absolute Gasteiger partial charge is 0.264 e. The highest BCUT2D eigenvalue weighted by molar-refractivity contribution is 7.86. The van der Waals surface area contributed by atoms with Crippen molar-refractivity contribution < 1.29 is 26.5 Å². The summed E-state index contributed by atoms with van der Waals surface area (Å²) in [4.78, 5) is 0. The first-order valence-electron chi connectivity index (χ1n) is 13.6. The zero-order valence-corrected chi connectivity index (χ0v) is 24.9. The number of hydrogen-bond acceptors (Lipinski definition) is 6. The Balaban J connectivity index is 1.71. The molecule has 6 nitrogen and oxygen atoms in total. The second-order valence-electron chi connectivity index (χ2n) is 11.5. The van der Waals surface area contributed by atoms with Crippen molar-refractivity contribution in [1.29, 1.82) is 0 Å². The maximum atomic E-state index is 11.4. The molecule has 2 aromatic rings. The van der Waals surface area contributed by atoms with Gasteiger partial charge in [-0.25, -0.2) is 0 Å². The molecular weight excluding hydrogens is 516 g/mol. The fourth-order valence-electron chi connectivity index (χ4n) is 5.77. The standard InChI is InChI=1S/C30H42O6SSi/c1-29(2,3)38(25-16-8-5-9-17-25,26-18-10-6-11-19-26)36-27(20-12-15-23-34-37(4,31)32)28-24-33-30(35-28)21-13-7-14-22-30/h5-6,8-12,15-19,27-28H,7,13-14,20-24H2,1-4H3/b15-12+/t27-,28+/m0/s1. The summed E-state index contributed by atoms with van der Waals surface area (Å²) < 4.78 is 48.3. The maximum Gasteiger partial charge on any atom is 0.264 e. The van der Waals surface area contributed by atoms with Crippen LogP contribution in [0.1, 0.15) is 59.3 Å². The molecule has 38 heavy (non-hydrogen) atoms. The fourth-order valence-corrected chi connectivity index (χ4v) is 10.8. The summed E-state index contributed by atoms with van der Waals surface area (Å²) in [5, 5.41) is 2.23. The van der Waals surface area contributed by atoms with E-state index in [2.05, 4.69) is 69.3 Å². The van der Waals surface area contributed by atoms with Crippen LogP contribution in [-0.2, 0) is 28.2 Å². The van der Waals surface area contributed by atoms with E-state index in [0.717, 1.165) is 31.9 Å². The Bertz CT molecular complexity index is 1110. The van der Waals surface area contributed by atoms with Crippen molar-refractivity contribution in [3.63, 3.8) is 0 Å². The van der Waals surface area contributed by atoms with Gasteiger partial charge < -0.3 is 13.9 Å². The van der Waals surface area contributed by atoms with Crippen LogP contribution in [0.25, 0.3) is 0 Å². The lowest BCUT2D eigenvalue weighted by Crippen LogP contribution is -2.68. The van der Waals surface area contributed by atoms with Crippen LogP contribution in [0, 0.1) is 0 Å². The van der Waals surface area contributed by atoms with Gasteiger partial charge in [0.05, 0.1) is 25.6 Å². The highest BCUT2D eigenvalue weighted by atomic mass is 32.2. The lowest BCUT2D eigenvalue weighted by Gasteiger charge is -2.46. The number of ether oxygens (including phenoxy) is 2. The number of hydrogen-bond donors (Lipinski definition) is 0. The summed E-state index contributed by atoms with van der Waals surface area (Å²) in [6.45, 7) is 7.27. The molecule has 2 aliphatic rings. The Morgan fingerprint density at radius 3 is 2.08 bits per heavy atom. The normalized spacial score (nSPS) is 21.2. The highest BCUT2D eigenvalue weighted by Crippen LogP contribution is 2.42. The SMILES string of the molecule is CC(C)(C)[Si](O[C@@H](C/C=C/COS(C)(=O)=O)[C@H]1COC2(CCCCC2)O1)(c1ccccc1)c1ccccc1. The lowest BCUT2D eigenvalue weighted by atomic mass is 9.94. The van der Waals surface area contributed by atoms with E-state index in [1.165, 1.54) is 16.8 Å². The first-order valence-corrected chi connectivity index (χ1v) is 17.4. The quantitative estimate of drug-likeness (QED) is 0.234. The molecule has 0 bridgehead atoms. The van der Waals surface area contributed by atoms with Crippen LogP contribution in [0.3, 0.4) is 0 Å². The molecule has 4 rings (SSSR count). The van der Waals surface area contributed by atoms with Crippen molar-refractivity contribution in [3.8, 4) is 0 Å². The van der Waals surface area contributed by atoms with Gasteiger partial charge in [0.25, 0.3) is 18.4 Å². The van der Waals surface area contributed by atoms with Gasteiger partial charge >= 0.3 is 0 Å². The van der Waals surface area contributed by atoms with Crippen molar-refractivity contribution >= 4 is 28.8 Å². The largest absolute Gasteiger partial charge is 0.401 e. The van der Waals surface area contributed by atoms with Gasteiger partial charge in [0.15, 0.2) is 5.79 Å². The van der Waals surface area contributed by atoms with Gasteiger partial charge in [-0.05, 0) is 34.7 Å². The summed E-state index contributed by atoms with van der Waals surface area (Å²) in [6.07, 6.45) is 10.0. The van der Waals surface area contributed by atoms with E-state index in [0.29, 0.717) is 13.0 Å². The molecule has 0 aromatic heterocycles. The molecule has 2 atom stereocenters. The molecule has 2 fully saturated rings. The second kappa shape index (κ2) is 12.1. The van der Waals surface area contributed by atoms with Crippen molar-refractivity contribution in [3.05, 3.63) is 72.8 Å². The zero-order valence-electron chi connectivity index (χ0n) is 23.1. The predicted octanol–water partition coefficient (Wildman–Crippen LogP) is 4.93. The van der Waals surface area contributed by atoms with E-state index in [-0.39, 0.29) is 23.9 Å². The van der Waals surface area contributed by atoms with E-state index in [9.17, 15) is 8.42 Å². The molecule has 1 saturated heterocycles. The molecule has 0 N–H and O–H groups in total. The Hall–Kier alpha value is -1.81. The Morgan fingerprint density at radius 1 is 0.974 bits per heavy atom. The summed E-state index contributed by atoms with van der Waals surface area (Å²) in [6, 6.07) is 21.2. The van der Waals surface area contributed by atoms with Gasteiger partial charge in [-0.1, -0.05) is 100 Å². The van der Waals surface area contributed by atoms with Crippen molar-refractivity contribution in [2.24, 2.45) is 0 Å². The highest BCUT2D eigenvalue weighted by Gasteiger charge is 2.54. The van der Waals surface area contributed by atoms with Crippen LogP contribution in [0.5, 0.6) is 0 Å². The molecule has 0 amide bonds. The van der Waals surface area contributed by atoms with E-state index >= 15 is 0 Å². The lowest BCUT2D eigenvalue weighted by molar-refractivity contribution is -0.194. The van der Waals surface area contributed by atoms with Crippen molar-refractivity contribution in [1.82, 2.24) is 0 Å². The van der Waals surface area contributed by atoms with Gasteiger partial charge in [-0.3, -0.25) is 4.18 Å². The predicted molar refractivity (Wildman–Crippen MR) is 154 cm³/mol. The Kier molecular flexibility index (Phi) is 9.33. The summed E-state index contributed by atoms with van der Waals surface area (Å²) in [7, 11) is -6.34. The van der Waals surface area contributed by atoms with Gasteiger partial charge in [-0.15, -0.1) is 0 Å². The third-order valence-corrected chi connectivity index (χ3v) is 13.2. The molecule has 1 saturated carbocycles. The van der Waals surface area contributed by atoms with Crippen LogP contribution in [0.15, 0.2) is 72.8 Å². The molecular formula is C30H42O6SSi. The minimum atomic E-state index is -3.50. The minimum absolute atomic E-state index is 0.00325. The number of benzene rings is 2. The van der Waals surface area contributed by atoms with Crippen molar-refractivity contribution in [2.75, 3.05) is 19.5 Å². The monoisotopic (exact) mass is 558 g/mol. The molecule has 0 radical (unpaired) electrons. The third-order valence-electron chi connectivity index (χ3n) is 7.57. The first kappa shape index (κ1) is 29.2. The molecule has 1 aliphatic carbocycles. The molecule has 2 aromatic carbocycles. The van der Waals surface area contributed by atoms with Crippen LogP contribution < -0.4 is 10.4 Å². The molecule has 1 spiro atoms. The van der Waals surface area contributed by atoms with Crippen molar-refractivity contribution in [2.45, 2.75) is 82.3 Å². The van der Waals surface area contributed by atoms with E-state index in [1.807, 2.05) is 18.2 Å². The Labute approximate surface area is 229 Å². The molecule has 1 aliphatic heterocycles. The fraction of sp³-hybridized carbons (Fsp3) is 0.533. The maximum absolute atomic E-state index is 11.4. The minimum Gasteiger partial charge on any atom is -0.401 e. The number of rotatable bonds is 10. The van der Waals surface area contributed by atoms with Crippen LogP contribution in [-0.4, -0.2) is 54.2 Å². The van der Waals surface area contributed by atoms with E-state index in [4.69, 9.17) is 18.1 Å².